The zero-order valence-corrected chi connectivity index (χ0v) is 20.8. The van der Waals surface area contributed by atoms with Crippen LogP contribution in [0.1, 0.15) is 24.8 Å². The Morgan fingerprint density at radius 2 is 1.73 bits per heavy atom. The molecule has 2 fully saturated rings. The molecular weight excluding hydrogens is 504 g/mol. The number of benzene rings is 2. The molecule has 5 rings (SSSR count). The van der Waals surface area contributed by atoms with Crippen LogP contribution >= 0.6 is 0 Å². The van der Waals surface area contributed by atoms with Crippen molar-refractivity contribution in [3.05, 3.63) is 76.2 Å². The smallest absolute Gasteiger partial charge is 0.316 e. The maximum Gasteiger partial charge on any atom is 0.316 e. The molecule has 0 radical (unpaired) electrons. The predicted molar refractivity (Wildman–Crippen MR) is 135 cm³/mol. The number of halogens is 2. The molecule has 0 spiro atoms. The van der Waals surface area contributed by atoms with Gasteiger partial charge >= 0.3 is 5.56 Å². The monoisotopic (exact) mass is 531 g/mol. The predicted octanol–water partition coefficient (Wildman–Crippen LogP) is 2.68. The van der Waals surface area contributed by atoms with Gasteiger partial charge in [0, 0.05) is 37.9 Å². The molecule has 2 aliphatic rings. The highest BCUT2D eigenvalue weighted by Gasteiger charge is 2.31. The second kappa shape index (κ2) is 10.1. The molecule has 196 valence electrons. The molecule has 3 aromatic rings. The lowest BCUT2D eigenvalue weighted by Gasteiger charge is -2.36. The first-order valence-electron chi connectivity index (χ1n) is 12.0. The number of anilines is 2. The Bertz CT molecular complexity index is 1450. The van der Waals surface area contributed by atoms with Gasteiger partial charge in [0.1, 0.15) is 17.3 Å². The third kappa shape index (κ3) is 5.44. The van der Waals surface area contributed by atoms with Crippen LogP contribution in [0.25, 0.3) is 5.69 Å². The molecule has 0 amide bonds. The summed E-state index contributed by atoms with van der Waals surface area (Å²) in [5.41, 5.74) is 6.63. The molecule has 1 saturated heterocycles. The van der Waals surface area contributed by atoms with Crippen LogP contribution in [-0.4, -0.2) is 54.8 Å². The van der Waals surface area contributed by atoms with E-state index in [1.54, 1.807) is 24.3 Å². The maximum absolute atomic E-state index is 13.8. The zero-order valence-electron chi connectivity index (χ0n) is 20.0. The van der Waals surface area contributed by atoms with Gasteiger partial charge in [-0.3, -0.25) is 4.79 Å². The van der Waals surface area contributed by atoms with Crippen molar-refractivity contribution in [2.75, 3.05) is 36.8 Å². The SMILES string of the molecule is Nc1cccc(CS(=O)(=O)N2CCN(c3cnn(-c4cc(F)cc(F)c4)c(=O)c3OC3CCC3)CC2)c1. The lowest BCUT2D eigenvalue weighted by molar-refractivity contribution is 0.118. The Morgan fingerprint density at radius 1 is 1.03 bits per heavy atom. The highest BCUT2D eigenvalue weighted by Crippen LogP contribution is 2.31. The van der Waals surface area contributed by atoms with Crippen LogP contribution in [0.15, 0.2) is 53.5 Å². The van der Waals surface area contributed by atoms with Crippen molar-refractivity contribution in [2.45, 2.75) is 31.1 Å². The van der Waals surface area contributed by atoms with Crippen LogP contribution in [0.3, 0.4) is 0 Å². The summed E-state index contributed by atoms with van der Waals surface area (Å²) in [5, 5.41) is 4.16. The first-order valence-corrected chi connectivity index (χ1v) is 13.6. The minimum Gasteiger partial charge on any atom is -0.483 e. The Kier molecular flexibility index (Phi) is 6.86. The highest BCUT2D eigenvalue weighted by molar-refractivity contribution is 7.88. The second-order valence-electron chi connectivity index (χ2n) is 9.26. The number of nitrogens with two attached hydrogens (primary N) is 1. The quantitative estimate of drug-likeness (QED) is 0.467. The van der Waals surface area contributed by atoms with E-state index in [1.807, 2.05) is 4.90 Å². The van der Waals surface area contributed by atoms with Crippen LogP contribution in [-0.2, 0) is 15.8 Å². The molecule has 0 bridgehead atoms. The average Bonchev–Trinajstić information content (AvgIpc) is 2.81. The number of hydrogen-bond acceptors (Lipinski definition) is 7. The van der Waals surface area contributed by atoms with Gasteiger partial charge in [0.2, 0.25) is 15.8 Å². The normalized spacial score (nSPS) is 17.0. The molecule has 0 atom stereocenters. The summed E-state index contributed by atoms with van der Waals surface area (Å²) in [6.07, 6.45) is 3.87. The molecule has 0 unspecified atom stereocenters. The fourth-order valence-corrected chi connectivity index (χ4v) is 5.96. The number of rotatable bonds is 7. The number of hydrogen-bond donors (Lipinski definition) is 1. The van der Waals surface area contributed by atoms with Gasteiger partial charge < -0.3 is 15.4 Å². The molecule has 1 aromatic heterocycles. The fraction of sp³-hybridized carbons (Fsp3) is 0.360. The Balaban J connectivity index is 1.38. The third-order valence-corrected chi connectivity index (χ3v) is 8.47. The largest absolute Gasteiger partial charge is 0.483 e. The molecule has 37 heavy (non-hydrogen) atoms. The summed E-state index contributed by atoms with van der Waals surface area (Å²) in [7, 11) is -3.57. The molecule has 1 saturated carbocycles. The first-order chi connectivity index (χ1) is 17.7. The van der Waals surface area contributed by atoms with Crippen LogP contribution in [0.4, 0.5) is 20.2 Å². The van der Waals surface area contributed by atoms with E-state index in [9.17, 15) is 22.0 Å². The molecule has 1 aliphatic carbocycles. The third-order valence-electron chi connectivity index (χ3n) is 6.62. The lowest BCUT2D eigenvalue weighted by Crippen LogP contribution is -2.49. The van der Waals surface area contributed by atoms with Gasteiger partial charge in [-0.1, -0.05) is 12.1 Å². The van der Waals surface area contributed by atoms with Gasteiger partial charge in [-0.15, -0.1) is 0 Å². The van der Waals surface area contributed by atoms with Crippen molar-refractivity contribution < 1.29 is 21.9 Å². The fourth-order valence-electron chi connectivity index (χ4n) is 4.46. The van der Waals surface area contributed by atoms with Crippen molar-refractivity contribution in [2.24, 2.45) is 0 Å². The van der Waals surface area contributed by atoms with Gasteiger partial charge in [-0.05, 0) is 49.1 Å². The van der Waals surface area contributed by atoms with Crippen LogP contribution in [0.2, 0.25) is 0 Å². The number of nitrogens with zero attached hydrogens (tertiary/aromatic N) is 4. The second-order valence-corrected chi connectivity index (χ2v) is 11.2. The summed E-state index contributed by atoms with van der Waals surface area (Å²) < 4.78 is 61.9. The minimum atomic E-state index is -3.57. The molecule has 2 heterocycles. The topological polar surface area (TPSA) is 111 Å². The van der Waals surface area contributed by atoms with E-state index in [1.165, 1.54) is 10.5 Å². The Hall–Kier alpha value is -3.51. The molecule has 2 aromatic carbocycles. The summed E-state index contributed by atoms with van der Waals surface area (Å²) in [4.78, 5) is 15.2. The molecule has 1 aliphatic heterocycles. The van der Waals surface area contributed by atoms with E-state index in [4.69, 9.17) is 10.5 Å². The number of sulfonamides is 1. The van der Waals surface area contributed by atoms with Crippen molar-refractivity contribution in [3.8, 4) is 11.4 Å². The minimum absolute atomic E-state index is 0.0421. The van der Waals surface area contributed by atoms with Gasteiger partial charge in [-0.2, -0.15) is 14.1 Å². The van der Waals surface area contributed by atoms with Crippen LogP contribution in [0.5, 0.6) is 5.75 Å². The molecular formula is C25H27F2N5O4S. The number of nitrogen functional groups attached to an aromatic ring is 1. The highest BCUT2D eigenvalue weighted by atomic mass is 32.2. The Morgan fingerprint density at radius 3 is 2.35 bits per heavy atom. The lowest BCUT2D eigenvalue weighted by atomic mass is 9.96. The van der Waals surface area contributed by atoms with Crippen molar-refractivity contribution >= 4 is 21.4 Å². The van der Waals surface area contributed by atoms with Crippen LogP contribution in [0, 0.1) is 11.6 Å². The number of aromatic nitrogens is 2. The Labute approximate surface area is 213 Å². The van der Waals surface area contributed by atoms with Crippen molar-refractivity contribution in [3.63, 3.8) is 0 Å². The van der Waals surface area contributed by atoms with Gasteiger partial charge in [-0.25, -0.2) is 17.2 Å². The summed E-state index contributed by atoms with van der Waals surface area (Å²) in [6.45, 7) is 1.06. The molecule has 9 nitrogen and oxygen atoms in total. The van der Waals surface area contributed by atoms with E-state index < -0.39 is 27.2 Å². The standard InChI is InChI=1S/C25H27F2N5O4S/c26-18-12-19(27)14-21(13-18)32-25(33)24(36-22-5-2-6-22)23(15-29-32)30-7-9-31(10-8-30)37(34,35)16-17-3-1-4-20(28)11-17/h1,3-4,11-15,22H,2,5-10,16,28H2. The number of ether oxygens (including phenoxy) is 1. The van der Waals surface area contributed by atoms with E-state index in [2.05, 4.69) is 5.10 Å². The van der Waals surface area contributed by atoms with Crippen molar-refractivity contribution in [1.29, 1.82) is 0 Å². The van der Waals surface area contributed by atoms with E-state index >= 15 is 0 Å². The van der Waals surface area contributed by atoms with Gasteiger partial charge in [0.25, 0.3) is 0 Å². The summed E-state index contributed by atoms with van der Waals surface area (Å²) in [5.74, 6) is -1.77. The van der Waals surface area contributed by atoms with Crippen LogP contribution < -0.4 is 20.9 Å². The van der Waals surface area contributed by atoms with Gasteiger partial charge in [0.15, 0.2) is 0 Å². The zero-order chi connectivity index (χ0) is 26.2. The summed E-state index contributed by atoms with van der Waals surface area (Å²) >= 11 is 0. The average molecular weight is 532 g/mol. The van der Waals surface area contributed by atoms with E-state index in [-0.39, 0.29) is 36.4 Å². The molecule has 2 N–H and O–H groups in total. The van der Waals surface area contributed by atoms with E-state index in [0.29, 0.717) is 30.0 Å². The first kappa shape index (κ1) is 25.2. The number of piperazine rings is 1. The van der Waals surface area contributed by atoms with Gasteiger partial charge in [0.05, 0.1) is 23.7 Å². The summed E-state index contributed by atoms with van der Waals surface area (Å²) in [6, 6.07) is 9.54. The van der Waals surface area contributed by atoms with Crippen molar-refractivity contribution in [1.82, 2.24) is 14.1 Å². The molecule has 12 heteroatoms. The maximum atomic E-state index is 13.8. The van der Waals surface area contributed by atoms with E-state index in [0.717, 1.165) is 42.1 Å².